The van der Waals surface area contributed by atoms with Crippen molar-refractivity contribution in [1.82, 2.24) is 0 Å². The smallest absolute Gasteiger partial charge is 0.339 e. The normalized spacial score (nSPS) is 17.5. The molecule has 1 unspecified atom stereocenters. The molecule has 2 heterocycles. The Bertz CT molecular complexity index is 1260. The van der Waals surface area contributed by atoms with Crippen molar-refractivity contribution >= 4 is 29.2 Å². The molecule has 0 bridgehead atoms. The Labute approximate surface area is 190 Å². The van der Waals surface area contributed by atoms with E-state index in [9.17, 15) is 18.8 Å². The molecule has 0 spiro atoms. The van der Waals surface area contributed by atoms with Gasteiger partial charge in [-0.25, -0.2) is 9.18 Å². The molecule has 0 radical (unpaired) electrons. The third kappa shape index (κ3) is 4.09. The van der Waals surface area contributed by atoms with Crippen LogP contribution in [0, 0.1) is 5.82 Å². The van der Waals surface area contributed by atoms with E-state index >= 15 is 0 Å². The largest absolute Gasteiger partial charge is 0.454 e. The molecule has 0 aromatic heterocycles. The zero-order valence-corrected chi connectivity index (χ0v) is 17.7. The molecular weight excluding hydrogens is 423 g/mol. The molecule has 33 heavy (non-hydrogen) atoms. The number of hydrogen-bond acceptors (Lipinski definition) is 4. The summed E-state index contributed by atoms with van der Waals surface area (Å²) in [5.41, 5.74) is 2.90. The maximum Gasteiger partial charge on any atom is 0.339 e. The molecule has 1 N–H and O–H groups in total. The van der Waals surface area contributed by atoms with Gasteiger partial charge in [0, 0.05) is 30.6 Å². The van der Waals surface area contributed by atoms with E-state index in [2.05, 4.69) is 5.32 Å². The average Bonchev–Trinajstić information content (AvgIpc) is 3.25. The van der Waals surface area contributed by atoms with Crippen LogP contribution < -0.4 is 10.2 Å². The van der Waals surface area contributed by atoms with Gasteiger partial charge in [-0.3, -0.25) is 9.59 Å². The molecule has 2 amide bonds. The monoisotopic (exact) mass is 444 g/mol. The highest BCUT2D eigenvalue weighted by Gasteiger charge is 2.28. The number of cyclic esters (lactones) is 1. The van der Waals surface area contributed by atoms with E-state index < -0.39 is 23.8 Å². The molecule has 0 saturated carbocycles. The molecule has 1 atom stereocenters. The maximum absolute atomic E-state index is 14.6. The molecule has 1 fully saturated rings. The number of amides is 2. The molecule has 5 rings (SSSR count). The van der Waals surface area contributed by atoms with Crippen LogP contribution in [0.25, 0.3) is 0 Å². The molecule has 2 aliphatic heterocycles. The topological polar surface area (TPSA) is 75.7 Å². The number of fused-ring (bicyclic) bond motifs is 1. The summed E-state index contributed by atoms with van der Waals surface area (Å²) in [5, 5.41) is 2.69. The number of rotatable bonds is 4. The zero-order chi connectivity index (χ0) is 22.9. The summed E-state index contributed by atoms with van der Waals surface area (Å²) < 4.78 is 20.2. The lowest BCUT2D eigenvalue weighted by Gasteiger charge is -2.25. The Morgan fingerprint density at radius 1 is 1.03 bits per heavy atom. The molecule has 166 valence electrons. The highest BCUT2D eigenvalue weighted by atomic mass is 19.1. The lowest BCUT2D eigenvalue weighted by molar-refractivity contribution is -0.117. The first-order valence-corrected chi connectivity index (χ1v) is 10.8. The van der Waals surface area contributed by atoms with E-state index in [1.807, 2.05) is 30.3 Å². The Balaban J connectivity index is 1.34. The fourth-order valence-corrected chi connectivity index (χ4v) is 4.30. The van der Waals surface area contributed by atoms with Gasteiger partial charge in [-0.15, -0.1) is 0 Å². The van der Waals surface area contributed by atoms with Gasteiger partial charge in [-0.05, 0) is 53.9 Å². The number of ether oxygens (including phenoxy) is 1. The summed E-state index contributed by atoms with van der Waals surface area (Å²) in [7, 11) is 0. The van der Waals surface area contributed by atoms with Gasteiger partial charge in [0.2, 0.25) is 5.91 Å². The van der Waals surface area contributed by atoms with Gasteiger partial charge < -0.3 is 15.0 Å². The van der Waals surface area contributed by atoms with E-state index in [1.54, 1.807) is 24.3 Å². The molecule has 0 aliphatic carbocycles. The molecule has 3 aromatic rings. The van der Waals surface area contributed by atoms with E-state index in [-0.39, 0.29) is 17.3 Å². The minimum atomic E-state index is -0.568. The van der Waals surface area contributed by atoms with Gasteiger partial charge in [0.25, 0.3) is 5.91 Å². The van der Waals surface area contributed by atoms with Crippen LogP contribution in [0.1, 0.15) is 50.8 Å². The van der Waals surface area contributed by atoms with Gasteiger partial charge in [-0.2, -0.15) is 0 Å². The minimum Gasteiger partial charge on any atom is -0.454 e. The van der Waals surface area contributed by atoms with Crippen molar-refractivity contribution < 1.29 is 23.5 Å². The number of benzene rings is 3. The van der Waals surface area contributed by atoms with Crippen molar-refractivity contribution in [1.29, 1.82) is 0 Å². The summed E-state index contributed by atoms with van der Waals surface area (Å²) >= 11 is 0. The Morgan fingerprint density at radius 2 is 1.85 bits per heavy atom. The van der Waals surface area contributed by atoms with Crippen LogP contribution in [-0.2, 0) is 16.0 Å². The second kappa shape index (κ2) is 8.50. The van der Waals surface area contributed by atoms with Crippen LogP contribution in [0.15, 0.2) is 66.7 Å². The number of carbonyl (C=O) groups is 3. The van der Waals surface area contributed by atoms with Gasteiger partial charge in [0.1, 0.15) is 11.9 Å². The van der Waals surface area contributed by atoms with Crippen molar-refractivity contribution in [2.24, 2.45) is 0 Å². The third-order valence-electron chi connectivity index (χ3n) is 5.98. The van der Waals surface area contributed by atoms with Crippen LogP contribution >= 0.6 is 0 Å². The van der Waals surface area contributed by atoms with E-state index in [0.29, 0.717) is 36.9 Å². The summed E-state index contributed by atoms with van der Waals surface area (Å²) in [6.07, 6.45) is 1.15. The van der Waals surface area contributed by atoms with E-state index in [4.69, 9.17) is 4.74 Å². The number of carbonyl (C=O) groups excluding carboxylic acids is 3. The van der Waals surface area contributed by atoms with Gasteiger partial charge in [0.15, 0.2) is 0 Å². The highest BCUT2D eigenvalue weighted by Crippen LogP contribution is 2.31. The van der Waals surface area contributed by atoms with Gasteiger partial charge >= 0.3 is 5.97 Å². The third-order valence-corrected chi connectivity index (χ3v) is 5.98. The van der Waals surface area contributed by atoms with E-state index in [0.717, 1.165) is 11.1 Å². The molecule has 7 heteroatoms. The first-order valence-electron chi connectivity index (χ1n) is 10.8. The number of halogens is 1. The second-order valence-corrected chi connectivity index (χ2v) is 8.15. The summed E-state index contributed by atoms with van der Waals surface area (Å²) in [6.45, 7) is 0.489. The van der Waals surface area contributed by atoms with Gasteiger partial charge in [0.05, 0.1) is 11.3 Å². The number of esters is 1. The maximum atomic E-state index is 14.6. The number of anilines is 2. The van der Waals surface area contributed by atoms with Crippen LogP contribution in [0.5, 0.6) is 0 Å². The fourth-order valence-electron chi connectivity index (χ4n) is 4.30. The Morgan fingerprint density at radius 3 is 2.58 bits per heavy atom. The zero-order valence-electron chi connectivity index (χ0n) is 17.7. The Kier molecular flexibility index (Phi) is 5.38. The standard InChI is InChI=1S/C26H21FN2O4/c27-21-15-19(9-11-22(21)29-12-4-7-24(29)30)28-25(31)17-8-10-20-18(13-17)14-23(33-26(20)32)16-5-2-1-3-6-16/h1-3,5-6,8-11,13,15,23H,4,7,12,14H2,(H,28,31). The first kappa shape index (κ1) is 20.9. The number of nitrogens with one attached hydrogen (secondary N) is 1. The van der Waals surface area contributed by atoms with E-state index in [1.165, 1.54) is 17.0 Å². The van der Waals surface area contributed by atoms with Crippen molar-refractivity contribution in [3.8, 4) is 0 Å². The van der Waals surface area contributed by atoms with Crippen molar-refractivity contribution in [2.75, 3.05) is 16.8 Å². The molecule has 2 aliphatic rings. The molecule has 3 aromatic carbocycles. The second-order valence-electron chi connectivity index (χ2n) is 8.15. The average molecular weight is 444 g/mol. The SMILES string of the molecule is O=C(Nc1ccc(N2CCCC2=O)c(F)c1)c1ccc2c(c1)CC(c1ccccc1)OC2=O. The highest BCUT2D eigenvalue weighted by molar-refractivity contribution is 6.05. The van der Waals surface area contributed by atoms with Crippen molar-refractivity contribution in [3.63, 3.8) is 0 Å². The Hall–Kier alpha value is -4.00. The van der Waals surface area contributed by atoms with Gasteiger partial charge in [-0.1, -0.05) is 30.3 Å². The summed E-state index contributed by atoms with van der Waals surface area (Å²) in [4.78, 5) is 38.6. The summed E-state index contributed by atoms with van der Waals surface area (Å²) in [6, 6.07) is 18.5. The molecular formula is C26H21FN2O4. The summed E-state index contributed by atoms with van der Waals surface area (Å²) in [5.74, 6) is -1.52. The quantitative estimate of drug-likeness (QED) is 0.594. The van der Waals surface area contributed by atoms with Crippen LogP contribution in [0.2, 0.25) is 0 Å². The van der Waals surface area contributed by atoms with Crippen molar-refractivity contribution in [2.45, 2.75) is 25.4 Å². The van der Waals surface area contributed by atoms with Crippen LogP contribution in [0.4, 0.5) is 15.8 Å². The lowest BCUT2D eigenvalue weighted by atomic mass is 9.93. The molecule has 6 nitrogen and oxygen atoms in total. The minimum absolute atomic E-state index is 0.105. The predicted molar refractivity (Wildman–Crippen MR) is 121 cm³/mol. The van der Waals surface area contributed by atoms with Crippen LogP contribution in [0.3, 0.4) is 0 Å². The van der Waals surface area contributed by atoms with Crippen LogP contribution in [-0.4, -0.2) is 24.3 Å². The predicted octanol–water partition coefficient (Wildman–Crippen LogP) is 4.66. The van der Waals surface area contributed by atoms with Crippen molar-refractivity contribution in [3.05, 3.63) is 94.8 Å². The number of nitrogens with zero attached hydrogens (tertiary/aromatic N) is 1. The fraction of sp³-hybridized carbons (Fsp3) is 0.192. The first-order chi connectivity index (χ1) is 16.0. The lowest BCUT2D eigenvalue weighted by Crippen LogP contribution is -2.25. The number of hydrogen-bond donors (Lipinski definition) is 1. The molecule has 1 saturated heterocycles.